The second kappa shape index (κ2) is 7.31. The zero-order chi connectivity index (χ0) is 18.0. The number of carbonyl (C=O) groups is 2. The Morgan fingerprint density at radius 3 is 2.56 bits per heavy atom. The zero-order valence-corrected chi connectivity index (χ0v) is 15.3. The van der Waals surface area contributed by atoms with Crippen LogP contribution in [0, 0.1) is 6.92 Å². The molecule has 0 saturated heterocycles. The van der Waals surface area contributed by atoms with Crippen molar-refractivity contribution >= 4 is 29.3 Å². The van der Waals surface area contributed by atoms with Crippen LogP contribution in [0.4, 0.5) is 5.69 Å². The highest BCUT2D eigenvalue weighted by molar-refractivity contribution is 8.00. The lowest BCUT2D eigenvalue weighted by molar-refractivity contribution is -0.121. The smallest absolute Gasteiger partial charge is 0.237 e. The third kappa shape index (κ3) is 3.56. The Balaban J connectivity index is 1.83. The standard InChI is InChI=1S/C20H22N2O2S/c1-13-7-3-6-10-18(13)25-12-19(23)22-14(2)11-16(20(21)24)15-8-4-5-9-17(15)22/h3-10,14,16H,11-12H2,1-2H3,(H2,21,24)/t14-,16-/m1/s1. The van der Waals surface area contributed by atoms with Crippen LogP contribution < -0.4 is 10.6 Å². The molecule has 25 heavy (non-hydrogen) atoms. The number of nitrogens with zero attached hydrogens (tertiary/aromatic N) is 1. The number of nitrogens with two attached hydrogens (primary N) is 1. The normalized spacial score (nSPS) is 19.4. The number of hydrogen-bond acceptors (Lipinski definition) is 3. The molecular formula is C20H22N2O2S. The lowest BCUT2D eigenvalue weighted by atomic mass is 9.85. The Bertz CT molecular complexity index is 806. The first-order chi connectivity index (χ1) is 12.0. The van der Waals surface area contributed by atoms with E-state index in [1.807, 2.05) is 67.3 Å². The van der Waals surface area contributed by atoms with Crippen molar-refractivity contribution in [1.82, 2.24) is 0 Å². The van der Waals surface area contributed by atoms with Gasteiger partial charge in [0, 0.05) is 16.6 Å². The summed E-state index contributed by atoms with van der Waals surface area (Å²) < 4.78 is 0. The van der Waals surface area contributed by atoms with Crippen molar-refractivity contribution in [3.8, 4) is 0 Å². The lowest BCUT2D eigenvalue weighted by Gasteiger charge is -2.38. The van der Waals surface area contributed by atoms with Gasteiger partial charge in [-0.25, -0.2) is 0 Å². The first-order valence-corrected chi connectivity index (χ1v) is 9.36. The first kappa shape index (κ1) is 17.5. The topological polar surface area (TPSA) is 63.4 Å². The fourth-order valence-corrected chi connectivity index (χ4v) is 4.28. The first-order valence-electron chi connectivity index (χ1n) is 8.37. The average molecular weight is 354 g/mol. The molecule has 2 N–H and O–H groups in total. The number of aryl methyl sites for hydroxylation is 1. The third-order valence-electron chi connectivity index (χ3n) is 4.65. The number of primary amides is 1. The summed E-state index contributed by atoms with van der Waals surface area (Å²) in [5.41, 5.74) is 8.39. The number of amides is 2. The number of para-hydroxylation sites is 1. The number of carbonyl (C=O) groups excluding carboxylic acids is 2. The van der Waals surface area contributed by atoms with Gasteiger partial charge in [-0.05, 0) is 43.5 Å². The van der Waals surface area contributed by atoms with Crippen molar-refractivity contribution in [2.75, 3.05) is 10.7 Å². The van der Waals surface area contributed by atoms with E-state index in [9.17, 15) is 9.59 Å². The van der Waals surface area contributed by atoms with Gasteiger partial charge in [-0.2, -0.15) is 0 Å². The predicted octanol–water partition coefficient (Wildman–Crippen LogP) is 3.48. The number of anilines is 1. The Hall–Kier alpha value is -2.27. The minimum absolute atomic E-state index is 0.0520. The molecule has 2 aromatic carbocycles. The molecule has 0 fully saturated rings. The van der Waals surface area contributed by atoms with Crippen LogP contribution in [0.25, 0.3) is 0 Å². The summed E-state index contributed by atoms with van der Waals surface area (Å²) in [7, 11) is 0. The molecule has 0 radical (unpaired) electrons. The van der Waals surface area contributed by atoms with E-state index in [1.165, 1.54) is 5.56 Å². The maximum absolute atomic E-state index is 12.9. The Labute approximate surface area is 152 Å². The van der Waals surface area contributed by atoms with Crippen LogP contribution >= 0.6 is 11.8 Å². The van der Waals surface area contributed by atoms with Crippen LogP contribution in [-0.4, -0.2) is 23.6 Å². The van der Waals surface area contributed by atoms with E-state index in [0.717, 1.165) is 16.1 Å². The monoisotopic (exact) mass is 354 g/mol. The molecule has 0 bridgehead atoms. The molecule has 3 rings (SSSR count). The van der Waals surface area contributed by atoms with Crippen LogP contribution in [0.3, 0.4) is 0 Å². The molecule has 0 aliphatic carbocycles. The number of hydrogen-bond donors (Lipinski definition) is 1. The van der Waals surface area contributed by atoms with E-state index >= 15 is 0 Å². The van der Waals surface area contributed by atoms with Gasteiger partial charge in [-0.1, -0.05) is 36.4 Å². The number of rotatable bonds is 4. The molecule has 0 aromatic heterocycles. The molecule has 1 aliphatic heterocycles. The average Bonchev–Trinajstić information content (AvgIpc) is 2.60. The Morgan fingerprint density at radius 2 is 1.84 bits per heavy atom. The van der Waals surface area contributed by atoms with E-state index in [-0.39, 0.29) is 23.8 Å². The number of thioether (sulfide) groups is 1. The molecule has 0 unspecified atom stereocenters. The fraction of sp³-hybridized carbons (Fsp3) is 0.300. The van der Waals surface area contributed by atoms with Gasteiger partial charge < -0.3 is 10.6 Å². The molecular weight excluding hydrogens is 332 g/mol. The quantitative estimate of drug-likeness (QED) is 0.855. The molecule has 5 heteroatoms. The second-order valence-corrected chi connectivity index (χ2v) is 7.43. The molecule has 2 aromatic rings. The van der Waals surface area contributed by atoms with E-state index in [4.69, 9.17) is 5.73 Å². The van der Waals surface area contributed by atoms with Gasteiger partial charge in [0.1, 0.15) is 0 Å². The highest BCUT2D eigenvalue weighted by atomic mass is 32.2. The SMILES string of the molecule is Cc1ccccc1SCC(=O)N1c2ccccc2[C@H](C(N)=O)C[C@H]1C. The van der Waals surface area contributed by atoms with Gasteiger partial charge >= 0.3 is 0 Å². The van der Waals surface area contributed by atoms with Crippen molar-refractivity contribution in [3.05, 3.63) is 59.7 Å². The highest BCUT2D eigenvalue weighted by Crippen LogP contribution is 2.38. The van der Waals surface area contributed by atoms with Gasteiger partial charge in [0.2, 0.25) is 11.8 Å². The van der Waals surface area contributed by atoms with Crippen molar-refractivity contribution in [2.45, 2.75) is 37.1 Å². The van der Waals surface area contributed by atoms with E-state index in [2.05, 4.69) is 0 Å². The Morgan fingerprint density at radius 1 is 1.16 bits per heavy atom. The van der Waals surface area contributed by atoms with Crippen molar-refractivity contribution in [1.29, 1.82) is 0 Å². The Kier molecular flexibility index (Phi) is 5.13. The summed E-state index contributed by atoms with van der Waals surface area (Å²) in [6, 6.07) is 15.6. The summed E-state index contributed by atoms with van der Waals surface area (Å²) in [4.78, 5) is 27.7. The van der Waals surface area contributed by atoms with Crippen molar-refractivity contribution in [2.24, 2.45) is 5.73 Å². The molecule has 1 aliphatic rings. The predicted molar refractivity (Wildman–Crippen MR) is 102 cm³/mol. The maximum Gasteiger partial charge on any atom is 0.237 e. The van der Waals surface area contributed by atoms with Crippen LogP contribution in [0.2, 0.25) is 0 Å². The van der Waals surface area contributed by atoms with Gasteiger partial charge in [0.05, 0.1) is 11.7 Å². The third-order valence-corrected chi connectivity index (χ3v) is 5.81. The number of benzene rings is 2. The zero-order valence-electron chi connectivity index (χ0n) is 14.4. The van der Waals surface area contributed by atoms with Gasteiger partial charge in [-0.3, -0.25) is 9.59 Å². The highest BCUT2D eigenvalue weighted by Gasteiger charge is 2.35. The van der Waals surface area contributed by atoms with Crippen molar-refractivity contribution < 1.29 is 9.59 Å². The summed E-state index contributed by atoms with van der Waals surface area (Å²) >= 11 is 1.55. The van der Waals surface area contributed by atoms with Crippen LogP contribution in [0.5, 0.6) is 0 Å². The van der Waals surface area contributed by atoms with E-state index in [0.29, 0.717) is 12.2 Å². The van der Waals surface area contributed by atoms with E-state index in [1.54, 1.807) is 11.8 Å². The summed E-state index contributed by atoms with van der Waals surface area (Å²) in [6.07, 6.45) is 0.563. The molecule has 130 valence electrons. The molecule has 2 amide bonds. The largest absolute Gasteiger partial charge is 0.369 e. The molecule has 0 saturated carbocycles. The van der Waals surface area contributed by atoms with Crippen LogP contribution in [0.15, 0.2) is 53.4 Å². The molecule has 1 heterocycles. The summed E-state index contributed by atoms with van der Waals surface area (Å²) in [6.45, 7) is 4.02. The van der Waals surface area contributed by atoms with Crippen LogP contribution in [-0.2, 0) is 9.59 Å². The van der Waals surface area contributed by atoms with Gasteiger partial charge in [0.15, 0.2) is 0 Å². The number of fused-ring (bicyclic) bond motifs is 1. The lowest BCUT2D eigenvalue weighted by Crippen LogP contribution is -2.46. The van der Waals surface area contributed by atoms with Crippen molar-refractivity contribution in [3.63, 3.8) is 0 Å². The molecule has 2 atom stereocenters. The summed E-state index contributed by atoms with van der Waals surface area (Å²) in [5.74, 6) is -0.249. The van der Waals surface area contributed by atoms with Gasteiger partial charge in [0.25, 0.3) is 0 Å². The second-order valence-electron chi connectivity index (χ2n) is 6.42. The minimum Gasteiger partial charge on any atom is -0.369 e. The minimum atomic E-state index is -0.334. The molecule has 0 spiro atoms. The van der Waals surface area contributed by atoms with E-state index < -0.39 is 0 Å². The maximum atomic E-state index is 12.9. The summed E-state index contributed by atoms with van der Waals surface area (Å²) in [5, 5.41) is 0. The fourth-order valence-electron chi connectivity index (χ4n) is 3.39. The molecule has 4 nitrogen and oxygen atoms in total. The van der Waals surface area contributed by atoms with Gasteiger partial charge in [-0.15, -0.1) is 11.8 Å². The van der Waals surface area contributed by atoms with Crippen LogP contribution in [0.1, 0.15) is 30.4 Å².